The highest BCUT2D eigenvalue weighted by Gasteiger charge is 2.14. The molecule has 0 radical (unpaired) electrons. The van der Waals surface area contributed by atoms with Crippen molar-refractivity contribution in [3.63, 3.8) is 0 Å². The van der Waals surface area contributed by atoms with E-state index < -0.39 is 9.84 Å². The summed E-state index contributed by atoms with van der Waals surface area (Å²) in [6.45, 7) is 0. The van der Waals surface area contributed by atoms with Crippen LogP contribution in [0.4, 0.5) is 0 Å². The van der Waals surface area contributed by atoms with E-state index in [1.165, 1.54) is 18.0 Å². The van der Waals surface area contributed by atoms with Gasteiger partial charge in [0.15, 0.2) is 9.84 Å². The monoisotopic (exact) mass is 357 g/mol. The van der Waals surface area contributed by atoms with Crippen molar-refractivity contribution in [1.29, 1.82) is 0 Å². The minimum Gasteiger partial charge on any atom is -0.224 e. The molecule has 24 heavy (non-hydrogen) atoms. The van der Waals surface area contributed by atoms with Gasteiger partial charge in [-0.25, -0.2) is 13.4 Å². The summed E-state index contributed by atoms with van der Waals surface area (Å²) in [6.07, 6.45) is 3.08. The van der Waals surface area contributed by atoms with Crippen LogP contribution >= 0.6 is 11.8 Å². The van der Waals surface area contributed by atoms with Gasteiger partial charge < -0.3 is 0 Å². The van der Waals surface area contributed by atoms with E-state index >= 15 is 0 Å². The highest BCUT2D eigenvalue weighted by Crippen LogP contribution is 2.29. The Kier molecular flexibility index (Phi) is 4.64. The summed E-state index contributed by atoms with van der Waals surface area (Å²) >= 11 is 1.42. The van der Waals surface area contributed by atoms with Gasteiger partial charge in [-0.3, -0.25) is 0 Å². The number of benzene rings is 2. The van der Waals surface area contributed by atoms with Gasteiger partial charge in [0, 0.05) is 17.4 Å². The first kappa shape index (κ1) is 16.6. The first-order valence-corrected chi connectivity index (χ1v) is 10.3. The van der Waals surface area contributed by atoms with Crippen LogP contribution in [0.25, 0.3) is 22.5 Å². The van der Waals surface area contributed by atoms with Gasteiger partial charge in [-0.2, -0.15) is 0 Å². The molecule has 0 fully saturated rings. The predicted molar refractivity (Wildman–Crippen MR) is 95.6 cm³/mol. The van der Waals surface area contributed by atoms with Crippen molar-refractivity contribution >= 4 is 21.6 Å². The maximum atomic E-state index is 11.6. The first-order valence-electron chi connectivity index (χ1n) is 7.13. The third kappa shape index (κ3) is 3.47. The summed E-state index contributed by atoms with van der Waals surface area (Å²) < 4.78 is 23.2. The molecule has 122 valence electrons. The maximum Gasteiger partial charge on any atom is 0.209 e. The molecule has 0 aliphatic carbocycles. The Labute approximate surface area is 145 Å². The normalized spacial score (nSPS) is 11.4. The fourth-order valence-corrected chi connectivity index (χ4v) is 3.18. The lowest BCUT2D eigenvalue weighted by atomic mass is 10.0. The molecule has 0 unspecified atom stereocenters. The number of nitrogens with zero attached hydrogens (tertiary/aromatic N) is 3. The van der Waals surface area contributed by atoms with Crippen LogP contribution in [0.15, 0.2) is 64.6 Å². The van der Waals surface area contributed by atoms with Crippen molar-refractivity contribution in [1.82, 2.24) is 15.2 Å². The Hall–Kier alpha value is -2.25. The zero-order valence-electron chi connectivity index (χ0n) is 13.2. The van der Waals surface area contributed by atoms with Crippen molar-refractivity contribution in [2.75, 3.05) is 12.5 Å². The van der Waals surface area contributed by atoms with Crippen LogP contribution in [0.5, 0.6) is 0 Å². The molecule has 0 N–H and O–H groups in total. The average molecular weight is 357 g/mol. The number of aromatic nitrogens is 3. The molecule has 0 amide bonds. The average Bonchev–Trinajstić information content (AvgIpc) is 2.61. The second-order valence-electron chi connectivity index (χ2n) is 5.16. The highest BCUT2D eigenvalue weighted by molar-refractivity contribution is 7.98. The van der Waals surface area contributed by atoms with E-state index in [1.807, 2.05) is 36.6 Å². The molecule has 1 aromatic heterocycles. The van der Waals surface area contributed by atoms with E-state index in [0.717, 1.165) is 16.8 Å². The Bertz CT molecular complexity index is 957. The molecule has 5 nitrogen and oxygen atoms in total. The van der Waals surface area contributed by atoms with E-state index in [0.29, 0.717) is 10.9 Å². The third-order valence-electron chi connectivity index (χ3n) is 3.45. The van der Waals surface area contributed by atoms with Crippen LogP contribution < -0.4 is 0 Å². The smallest absolute Gasteiger partial charge is 0.209 e. The number of hydrogen-bond donors (Lipinski definition) is 0. The van der Waals surface area contributed by atoms with Crippen LogP contribution in [0.1, 0.15) is 0 Å². The molecule has 0 atom stereocenters. The number of thioether (sulfide) groups is 1. The van der Waals surface area contributed by atoms with E-state index in [-0.39, 0.29) is 4.90 Å². The molecule has 0 spiro atoms. The largest absolute Gasteiger partial charge is 0.224 e. The van der Waals surface area contributed by atoms with Gasteiger partial charge in [-0.1, -0.05) is 54.2 Å². The number of rotatable bonds is 4. The Morgan fingerprint density at radius 3 is 2.04 bits per heavy atom. The standard InChI is InChI=1S/C17H15N3O2S2/c1-23-17-18-15(12-6-4-3-5-7-12)16(19-20-17)13-8-10-14(11-9-13)24(2,21)22/h3-11H,1-2H3. The van der Waals surface area contributed by atoms with Crippen LogP contribution in [0.2, 0.25) is 0 Å². The summed E-state index contributed by atoms with van der Waals surface area (Å²) in [7, 11) is -3.23. The third-order valence-corrected chi connectivity index (χ3v) is 5.12. The molecular formula is C17H15N3O2S2. The van der Waals surface area contributed by atoms with Crippen molar-refractivity contribution in [3.8, 4) is 22.5 Å². The van der Waals surface area contributed by atoms with Crippen LogP contribution in [0.3, 0.4) is 0 Å². The second kappa shape index (κ2) is 6.70. The quantitative estimate of drug-likeness (QED) is 0.667. The van der Waals surface area contributed by atoms with Crippen molar-refractivity contribution in [2.45, 2.75) is 10.1 Å². The SMILES string of the molecule is CSc1nnc(-c2ccc(S(C)(=O)=O)cc2)c(-c2ccccc2)n1. The van der Waals surface area contributed by atoms with Gasteiger partial charge in [-0.15, -0.1) is 10.2 Å². The van der Waals surface area contributed by atoms with E-state index in [4.69, 9.17) is 0 Å². The number of sulfone groups is 1. The van der Waals surface area contributed by atoms with E-state index in [1.54, 1.807) is 24.3 Å². The lowest BCUT2D eigenvalue weighted by molar-refractivity contribution is 0.602. The maximum absolute atomic E-state index is 11.6. The summed E-state index contributed by atoms with van der Waals surface area (Å²) in [5.41, 5.74) is 3.06. The lowest BCUT2D eigenvalue weighted by Crippen LogP contribution is -2.00. The molecule has 0 bridgehead atoms. The van der Waals surface area contributed by atoms with Crippen molar-refractivity contribution in [2.24, 2.45) is 0 Å². The van der Waals surface area contributed by atoms with Gasteiger partial charge in [0.1, 0.15) is 11.4 Å². The molecule has 7 heteroatoms. The molecule has 0 aliphatic heterocycles. The van der Waals surface area contributed by atoms with Gasteiger partial charge in [-0.05, 0) is 18.4 Å². The topological polar surface area (TPSA) is 72.8 Å². The van der Waals surface area contributed by atoms with Crippen LogP contribution in [-0.2, 0) is 9.84 Å². The Balaban J connectivity index is 2.14. The molecule has 2 aromatic carbocycles. The van der Waals surface area contributed by atoms with Gasteiger partial charge in [0.05, 0.1) is 4.90 Å². The van der Waals surface area contributed by atoms with Gasteiger partial charge >= 0.3 is 0 Å². The van der Waals surface area contributed by atoms with E-state index in [9.17, 15) is 8.42 Å². The summed E-state index contributed by atoms with van der Waals surface area (Å²) in [6, 6.07) is 16.3. The summed E-state index contributed by atoms with van der Waals surface area (Å²) in [4.78, 5) is 4.85. The molecule has 0 saturated carbocycles. The molecular weight excluding hydrogens is 342 g/mol. The van der Waals surface area contributed by atoms with Crippen LogP contribution in [0, 0.1) is 0 Å². The molecule has 0 saturated heterocycles. The Morgan fingerprint density at radius 2 is 1.46 bits per heavy atom. The van der Waals surface area contributed by atoms with Crippen molar-refractivity contribution in [3.05, 3.63) is 54.6 Å². The minimum absolute atomic E-state index is 0.272. The van der Waals surface area contributed by atoms with E-state index in [2.05, 4.69) is 15.2 Å². The Morgan fingerprint density at radius 1 is 0.833 bits per heavy atom. The van der Waals surface area contributed by atoms with Gasteiger partial charge in [0.25, 0.3) is 0 Å². The molecule has 1 heterocycles. The fourth-order valence-electron chi connectivity index (χ4n) is 2.25. The molecule has 3 aromatic rings. The lowest BCUT2D eigenvalue weighted by Gasteiger charge is -2.09. The number of hydrogen-bond acceptors (Lipinski definition) is 6. The predicted octanol–water partition coefficient (Wildman–Crippen LogP) is 3.33. The fraction of sp³-hybridized carbons (Fsp3) is 0.118. The first-order chi connectivity index (χ1) is 11.5. The minimum atomic E-state index is -3.23. The molecule has 0 aliphatic rings. The summed E-state index contributed by atoms with van der Waals surface area (Å²) in [5.74, 6) is 0. The second-order valence-corrected chi connectivity index (χ2v) is 7.95. The summed E-state index contributed by atoms with van der Waals surface area (Å²) in [5, 5.41) is 9.01. The zero-order valence-corrected chi connectivity index (χ0v) is 14.8. The van der Waals surface area contributed by atoms with Gasteiger partial charge in [0.2, 0.25) is 5.16 Å². The molecule has 3 rings (SSSR count). The van der Waals surface area contributed by atoms with Crippen LogP contribution in [-0.4, -0.2) is 36.1 Å². The van der Waals surface area contributed by atoms with Crippen molar-refractivity contribution < 1.29 is 8.42 Å². The zero-order chi connectivity index (χ0) is 17.2. The highest BCUT2D eigenvalue weighted by atomic mass is 32.2.